The summed E-state index contributed by atoms with van der Waals surface area (Å²) in [5, 5.41) is 5.88. The summed E-state index contributed by atoms with van der Waals surface area (Å²) >= 11 is 0. The molecule has 2 atom stereocenters. The smallest absolute Gasteiger partial charge is 0.253 e. The zero-order valence-electron chi connectivity index (χ0n) is 12.1. The number of carbonyl (C=O) groups excluding carboxylic acids is 1. The average molecular weight is 280 g/mol. The van der Waals surface area contributed by atoms with Crippen LogP contribution in [0.4, 0.5) is 0 Å². The van der Waals surface area contributed by atoms with Crippen LogP contribution in [-0.2, 0) is 0 Å². The summed E-state index contributed by atoms with van der Waals surface area (Å²) in [5.41, 5.74) is 0.812. The zero-order valence-corrected chi connectivity index (χ0v) is 12.1. The molecule has 2 aromatic rings. The first-order chi connectivity index (χ1) is 10.3. The van der Waals surface area contributed by atoms with Crippen LogP contribution >= 0.6 is 0 Å². The lowest BCUT2D eigenvalue weighted by atomic mass is 9.94. The van der Waals surface area contributed by atoms with E-state index in [0.717, 1.165) is 30.6 Å². The van der Waals surface area contributed by atoms with E-state index in [2.05, 4.69) is 17.4 Å². The standard InChI is InChI=1S/C18H20N2O/c21-18(20-11-16-6-3-9-19-17(16)12-20)15-8-7-13-4-1-2-5-14(13)10-15/h1-2,4-5,7-8,10,16-17,19H,3,6,9,11-12H2. The molecule has 0 saturated carbocycles. The molecule has 21 heavy (non-hydrogen) atoms. The Balaban J connectivity index is 1.58. The summed E-state index contributed by atoms with van der Waals surface area (Å²) in [6, 6.07) is 14.7. The van der Waals surface area contributed by atoms with Crippen molar-refractivity contribution in [3.05, 3.63) is 48.0 Å². The van der Waals surface area contributed by atoms with Crippen LogP contribution in [0.15, 0.2) is 42.5 Å². The molecular formula is C18H20N2O. The van der Waals surface area contributed by atoms with Gasteiger partial charge in [0.15, 0.2) is 0 Å². The Hall–Kier alpha value is -1.87. The van der Waals surface area contributed by atoms with Crippen molar-refractivity contribution in [1.82, 2.24) is 10.2 Å². The first kappa shape index (κ1) is 12.8. The molecule has 1 N–H and O–H groups in total. The highest BCUT2D eigenvalue weighted by Gasteiger charge is 2.36. The zero-order chi connectivity index (χ0) is 14.2. The van der Waals surface area contributed by atoms with Crippen molar-refractivity contribution in [3.8, 4) is 0 Å². The highest BCUT2D eigenvalue weighted by atomic mass is 16.2. The molecule has 2 saturated heterocycles. The number of benzene rings is 2. The number of fused-ring (bicyclic) bond motifs is 2. The Morgan fingerprint density at radius 1 is 1.10 bits per heavy atom. The van der Waals surface area contributed by atoms with E-state index < -0.39 is 0 Å². The lowest BCUT2D eigenvalue weighted by Gasteiger charge is -2.24. The lowest BCUT2D eigenvalue weighted by molar-refractivity contribution is 0.0786. The molecule has 0 spiro atoms. The second-order valence-corrected chi connectivity index (χ2v) is 6.23. The van der Waals surface area contributed by atoms with Gasteiger partial charge in [-0.2, -0.15) is 0 Å². The van der Waals surface area contributed by atoms with Crippen molar-refractivity contribution in [3.63, 3.8) is 0 Å². The topological polar surface area (TPSA) is 32.3 Å². The molecule has 108 valence electrons. The third kappa shape index (κ3) is 2.32. The molecule has 2 heterocycles. The Morgan fingerprint density at radius 2 is 1.95 bits per heavy atom. The maximum Gasteiger partial charge on any atom is 0.253 e. The number of piperidine rings is 1. The van der Waals surface area contributed by atoms with Gasteiger partial charge in [0, 0.05) is 24.7 Å². The maximum atomic E-state index is 12.7. The van der Waals surface area contributed by atoms with E-state index in [1.54, 1.807) is 0 Å². The van der Waals surface area contributed by atoms with Gasteiger partial charge in [-0.1, -0.05) is 30.3 Å². The van der Waals surface area contributed by atoms with Crippen molar-refractivity contribution < 1.29 is 4.79 Å². The molecule has 0 bridgehead atoms. The van der Waals surface area contributed by atoms with Gasteiger partial charge in [-0.15, -0.1) is 0 Å². The van der Waals surface area contributed by atoms with Crippen LogP contribution in [-0.4, -0.2) is 36.5 Å². The van der Waals surface area contributed by atoms with Gasteiger partial charge in [0.1, 0.15) is 0 Å². The largest absolute Gasteiger partial charge is 0.337 e. The first-order valence-electron chi connectivity index (χ1n) is 7.83. The van der Waals surface area contributed by atoms with Crippen LogP contribution in [0.2, 0.25) is 0 Å². The van der Waals surface area contributed by atoms with E-state index in [1.807, 2.05) is 35.2 Å². The Bertz CT molecular complexity index is 668. The summed E-state index contributed by atoms with van der Waals surface area (Å²) in [6.07, 6.45) is 2.48. The molecular weight excluding hydrogens is 260 g/mol. The van der Waals surface area contributed by atoms with Gasteiger partial charge in [0.25, 0.3) is 5.91 Å². The van der Waals surface area contributed by atoms with Gasteiger partial charge in [-0.3, -0.25) is 4.79 Å². The third-order valence-electron chi connectivity index (χ3n) is 4.88. The fraction of sp³-hybridized carbons (Fsp3) is 0.389. The van der Waals surface area contributed by atoms with Crippen LogP contribution in [0.1, 0.15) is 23.2 Å². The fourth-order valence-corrected chi connectivity index (χ4v) is 3.72. The van der Waals surface area contributed by atoms with Crippen molar-refractivity contribution in [1.29, 1.82) is 0 Å². The molecule has 2 aliphatic rings. The molecule has 0 aliphatic carbocycles. The van der Waals surface area contributed by atoms with E-state index in [4.69, 9.17) is 0 Å². The number of nitrogens with one attached hydrogen (secondary N) is 1. The van der Waals surface area contributed by atoms with Gasteiger partial charge < -0.3 is 10.2 Å². The highest BCUT2D eigenvalue weighted by Crippen LogP contribution is 2.26. The number of hydrogen-bond acceptors (Lipinski definition) is 2. The number of amides is 1. The quantitative estimate of drug-likeness (QED) is 0.871. The first-order valence-corrected chi connectivity index (χ1v) is 7.83. The second kappa shape index (κ2) is 5.15. The normalized spacial score (nSPS) is 25.0. The van der Waals surface area contributed by atoms with Crippen molar-refractivity contribution in [2.45, 2.75) is 18.9 Å². The summed E-state index contributed by atoms with van der Waals surface area (Å²) < 4.78 is 0. The minimum atomic E-state index is 0.178. The number of nitrogens with zero attached hydrogens (tertiary/aromatic N) is 1. The molecule has 2 unspecified atom stereocenters. The van der Waals surface area contributed by atoms with E-state index in [0.29, 0.717) is 12.0 Å². The Kier molecular flexibility index (Phi) is 3.15. The highest BCUT2D eigenvalue weighted by molar-refractivity contribution is 5.98. The van der Waals surface area contributed by atoms with Crippen LogP contribution in [0.3, 0.4) is 0 Å². The predicted octanol–water partition coefficient (Wildman–Crippen LogP) is 2.66. The van der Waals surface area contributed by atoms with Crippen LogP contribution < -0.4 is 5.32 Å². The van der Waals surface area contributed by atoms with E-state index >= 15 is 0 Å². The Morgan fingerprint density at radius 3 is 2.81 bits per heavy atom. The lowest BCUT2D eigenvalue weighted by Crippen LogP contribution is -2.41. The van der Waals surface area contributed by atoms with Crippen molar-refractivity contribution >= 4 is 16.7 Å². The van der Waals surface area contributed by atoms with Gasteiger partial charge in [-0.05, 0) is 48.2 Å². The van der Waals surface area contributed by atoms with Gasteiger partial charge in [-0.25, -0.2) is 0 Å². The molecule has 0 radical (unpaired) electrons. The van der Waals surface area contributed by atoms with Gasteiger partial charge in [0.05, 0.1) is 0 Å². The SMILES string of the molecule is O=C(c1ccc2ccccc2c1)N1CC2CCCNC2C1. The molecule has 3 nitrogen and oxygen atoms in total. The van der Waals surface area contributed by atoms with Crippen LogP contribution in [0, 0.1) is 5.92 Å². The molecule has 4 rings (SSSR count). The number of hydrogen-bond donors (Lipinski definition) is 1. The minimum absolute atomic E-state index is 0.178. The van der Waals surface area contributed by atoms with E-state index in [9.17, 15) is 4.79 Å². The molecule has 1 amide bonds. The molecule has 0 aromatic heterocycles. The van der Waals surface area contributed by atoms with Crippen LogP contribution in [0.25, 0.3) is 10.8 Å². The van der Waals surface area contributed by atoms with Crippen molar-refractivity contribution in [2.75, 3.05) is 19.6 Å². The Labute approximate surface area is 124 Å². The summed E-state index contributed by atoms with van der Waals surface area (Å²) in [4.78, 5) is 14.8. The summed E-state index contributed by atoms with van der Waals surface area (Å²) in [5.74, 6) is 0.820. The summed E-state index contributed by atoms with van der Waals surface area (Å²) in [7, 11) is 0. The maximum absolute atomic E-state index is 12.7. The number of likely N-dealkylation sites (tertiary alicyclic amines) is 1. The molecule has 2 aromatic carbocycles. The van der Waals surface area contributed by atoms with E-state index in [1.165, 1.54) is 18.2 Å². The second-order valence-electron chi connectivity index (χ2n) is 6.23. The third-order valence-corrected chi connectivity index (χ3v) is 4.88. The van der Waals surface area contributed by atoms with Gasteiger partial charge >= 0.3 is 0 Å². The minimum Gasteiger partial charge on any atom is -0.337 e. The monoisotopic (exact) mass is 280 g/mol. The number of carbonyl (C=O) groups is 1. The van der Waals surface area contributed by atoms with Gasteiger partial charge in [0.2, 0.25) is 0 Å². The van der Waals surface area contributed by atoms with Crippen LogP contribution in [0.5, 0.6) is 0 Å². The number of rotatable bonds is 1. The van der Waals surface area contributed by atoms with E-state index in [-0.39, 0.29) is 5.91 Å². The predicted molar refractivity (Wildman–Crippen MR) is 84.4 cm³/mol. The molecule has 2 fully saturated rings. The average Bonchev–Trinajstić information content (AvgIpc) is 2.97. The molecule has 3 heteroatoms. The molecule has 2 aliphatic heterocycles. The summed E-state index contributed by atoms with van der Waals surface area (Å²) in [6.45, 7) is 2.86. The van der Waals surface area contributed by atoms with Crippen molar-refractivity contribution in [2.24, 2.45) is 5.92 Å². The fourth-order valence-electron chi connectivity index (χ4n) is 3.72.